The molecule has 20 heavy (non-hydrogen) atoms. The van der Waals surface area contributed by atoms with Crippen molar-refractivity contribution in [3.63, 3.8) is 0 Å². The van der Waals surface area contributed by atoms with Crippen molar-refractivity contribution < 1.29 is 23.4 Å². The maximum absolute atomic E-state index is 12.4. The summed E-state index contributed by atoms with van der Waals surface area (Å²) in [6, 6.07) is 4.83. The van der Waals surface area contributed by atoms with E-state index in [0.29, 0.717) is 24.3 Å². The average molecular weight is 287 g/mol. The molecule has 1 aliphatic rings. The van der Waals surface area contributed by atoms with Gasteiger partial charge in [-0.1, -0.05) is 0 Å². The lowest BCUT2D eigenvalue weighted by Gasteiger charge is -2.27. The van der Waals surface area contributed by atoms with E-state index < -0.39 is 6.61 Å². The van der Waals surface area contributed by atoms with E-state index in [1.807, 2.05) is 0 Å². The summed E-state index contributed by atoms with van der Waals surface area (Å²) in [5, 5.41) is 12.7. The lowest BCUT2D eigenvalue weighted by molar-refractivity contribution is -0.0494. The highest BCUT2D eigenvalue weighted by Crippen LogP contribution is 2.33. The number of ether oxygens (including phenoxy) is 2. The Balaban J connectivity index is 2.10. The smallest absolute Gasteiger partial charge is 0.387 e. The molecule has 0 bridgehead atoms. The molecular formula is C14H19F2NO3. The van der Waals surface area contributed by atoms with Gasteiger partial charge in [0, 0.05) is 12.1 Å². The van der Waals surface area contributed by atoms with Crippen LogP contribution in [0.5, 0.6) is 11.5 Å². The van der Waals surface area contributed by atoms with Crippen LogP contribution in [-0.4, -0.2) is 31.0 Å². The van der Waals surface area contributed by atoms with Gasteiger partial charge in [0.2, 0.25) is 0 Å². The molecule has 0 saturated heterocycles. The first-order chi connectivity index (χ1) is 9.58. The van der Waals surface area contributed by atoms with Crippen LogP contribution in [0.3, 0.4) is 0 Å². The van der Waals surface area contributed by atoms with E-state index in [4.69, 9.17) is 4.74 Å². The van der Waals surface area contributed by atoms with Crippen molar-refractivity contribution in [2.24, 2.45) is 0 Å². The molecule has 1 aliphatic carbocycles. The van der Waals surface area contributed by atoms with Crippen molar-refractivity contribution in [3.05, 3.63) is 18.2 Å². The summed E-state index contributed by atoms with van der Waals surface area (Å²) < 4.78 is 34.4. The van der Waals surface area contributed by atoms with Crippen LogP contribution in [-0.2, 0) is 0 Å². The molecule has 2 rings (SSSR count). The summed E-state index contributed by atoms with van der Waals surface area (Å²) >= 11 is 0. The third-order valence-corrected chi connectivity index (χ3v) is 3.46. The molecule has 6 heteroatoms. The molecule has 1 aromatic rings. The first-order valence-electron chi connectivity index (χ1n) is 6.66. The molecule has 1 saturated carbocycles. The van der Waals surface area contributed by atoms with Crippen molar-refractivity contribution in [1.82, 2.24) is 0 Å². The van der Waals surface area contributed by atoms with Gasteiger partial charge in [-0.3, -0.25) is 0 Å². The lowest BCUT2D eigenvalue weighted by atomic mass is 9.93. The minimum absolute atomic E-state index is 0.104. The van der Waals surface area contributed by atoms with E-state index in [2.05, 4.69) is 10.1 Å². The lowest BCUT2D eigenvalue weighted by Crippen LogP contribution is -2.28. The summed E-state index contributed by atoms with van der Waals surface area (Å²) in [7, 11) is 1.52. The van der Waals surface area contributed by atoms with E-state index in [9.17, 15) is 13.9 Å². The Morgan fingerprint density at radius 3 is 2.55 bits per heavy atom. The van der Waals surface area contributed by atoms with E-state index in [0.717, 1.165) is 12.8 Å². The number of hydrogen-bond acceptors (Lipinski definition) is 4. The third kappa shape index (κ3) is 3.96. The topological polar surface area (TPSA) is 50.7 Å². The summed E-state index contributed by atoms with van der Waals surface area (Å²) in [4.78, 5) is 0. The zero-order chi connectivity index (χ0) is 14.5. The number of alkyl halides is 2. The standard InChI is InChI=1S/C14H19F2NO3/c1-19-11-6-7-13(20-14(15)16)12(8-11)17-9-2-4-10(18)5-3-9/h6-10,14,17-18H,2-5H2,1H3. The Morgan fingerprint density at radius 1 is 1.25 bits per heavy atom. The molecule has 0 atom stereocenters. The maximum Gasteiger partial charge on any atom is 0.387 e. The molecule has 1 aromatic carbocycles. The molecule has 0 spiro atoms. The molecule has 2 N–H and O–H groups in total. The molecule has 0 heterocycles. The quantitative estimate of drug-likeness (QED) is 0.874. The highest BCUT2D eigenvalue weighted by molar-refractivity contribution is 5.60. The van der Waals surface area contributed by atoms with Crippen molar-refractivity contribution in [3.8, 4) is 11.5 Å². The average Bonchev–Trinajstić information content (AvgIpc) is 2.42. The Labute approximate surface area is 116 Å². The molecular weight excluding hydrogens is 268 g/mol. The zero-order valence-electron chi connectivity index (χ0n) is 11.3. The van der Waals surface area contributed by atoms with Crippen LogP contribution in [0.25, 0.3) is 0 Å². The van der Waals surface area contributed by atoms with Crippen molar-refractivity contribution in [2.75, 3.05) is 12.4 Å². The van der Waals surface area contributed by atoms with Gasteiger partial charge in [-0.05, 0) is 37.8 Å². The minimum atomic E-state index is -2.86. The fourth-order valence-electron chi connectivity index (χ4n) is 2.39. The van der Waals surface area contributed by atoms with Gasteiger partial charge in [0.15, 0.2) is 0 Å². The number of hydrogen-bond donors (Lipinski definition) is 2. The molecule has 1 fully saturated rings. The highest BCUT2D eigenvalue weighted by atomic mass is 19.3. The SMILES string of the molecule is COc1ccc(OC(F)F)c(NC2CCC(O)CC2)c1. The Bertz CT molecular complexity index is 434. The number of halogens is 2. The molecule has 4 nitrogen and oxygen atoms in total. The van der Waals surface area contributed by atoms with Crippen molar-refractivity contribution >= 4 is 5.69 Å². The van der Waals surface area contributed by atoms with Gasteiger partial charge in [-0.15, -0.1) is 0 Å². The highest BCUT2D eigenvalue weighted by Gasteiger charge is 2.21. The monoisotopic (exact) mass is 287 g/mol. The predicted molar refractivity (Wildman–Crippen MR) is 71.5 cm³/mol. The number of nitrogens with one attached hydrogen (secondary N) is 1. The Hall–Kier alpha value is -1.56. The van der Waals surface area contributed by atoms with Crippen LogP contribution in [0.1, 0.15) is 25.7 Å². The number of rotatable bonds is 5. The van der Waals surface area contributed by atoms with Crippen LogP contribution >= 0.6 is 0 Å². The molecule has 112 valence electrons. The first kappa shape index (κ1) is 14.8. The van der Waals surface area contributed by atoms with Gasteiger partial charge in [0.25, 0.3) is 0 Å². The number of benzene rings is 1. The largest absolute Gasteiger partial charge is 0.497 e. The van der Waals surface area contributed by atoms with Gasteiger partial charge in [-0.25, -0.2) is 0 Å². The second-order valence-corrected chi connectivity index (χ2v) is 4.89. The van der Waals surface area contributed by atoms with Crippen LogP contribution < -0.4 is 14.8 Å². The van der Waals surface area contributed by atoms with Gasteiger partial charge in [-0.2, -0.15) is 8.78 Å². The van der Waals surface area contributed by atoms with Crippen LogP contribution in [0.15, 0.2) is 18.2 Å². The molecule has 0 unspecified atom stereocenters. The van der Waals surface area contributed by atoms with Crippen LogP contribution in [0.4, 0.5) is 14.5 Å². The molecule has 0 aromatic heterocycles. The molecule has 0 radical (unpaired) electrons. The van der Waals surface area contributed by atoms with E-state index in [1.54, 1.807) is 12.1 Å². The number of methoxy groups -OCH3 is 1. The Kier molecular flexibility index (Phi) is 5.00. The number of anilines is 1. The number of aliphatic hydroxyl groups is 1. The minimum Gasteiger partial charge on any atom is -0.497 e. The van der Waals surface area contributed by atoms with Crippen LogP contribution in [0, 0.1) is 0 Å². The third-order valence-electron chi connectivity index (χ3n) is 3.46. The first-order valence-corrected chi connectivity index (χ1v) is 6.66. The Morgan fingerprint density at radius 2 is 1.95 bits per heavy atom. The summed E-state index contributed by atoms with van der Waals surface area (Å²) in [5.41, 5.74) is 0.492. The fraction of sp³-hybridized carbons (Fsp3) is 0.571. The summed E-state index contributed by atoms with van der Waals surface area (Å²) in [5.74, 6) is 0.678. The van der Waals surface area contributed by atoms with Crippen molar-refractivity contribution in [1.29, 1.82) is 0 Å². The van der Waals surface area contributed by atoms with Crippen molar-refractivity contribution in [2.45, 2.75) is 44.4 Å². The van der Waals surface area contributed by atoms with E-state index in [-0.39, 0.29) is 17.9 Å². The van der Waals surface area contributed by atoms with Gasteiger partial charge in [0.05, 0.1) is 18.9 Å². The summed E-state index contributed by atoms with van der Waals surface area (Å²) in [6.45, 7) is -2.86. The second-order valence-electron chi connectivity index (χ2n) is 4.89. The normalized spacial score (nSPS) is 22.6. The predicted octanol–water partition coefficient (Wildman–Crippen LogP) is 3.01. The number of aliphatic hydroxyl groups excluding tert-OH is 1. The zero-order valence-corrected chi connectivity index (χ0v) is 11.3. The van der Waals surface area contributed by atoms with Gasteiger partial charge < -0.3 is 19.9 Å². The molecule has 0 aliphatic heterocycles. The van der Waals surface area contributed by atoms with Crippen LogP contribution in [0.2, 0.25) is 0 Å². The fourth-order valence-corrected chi connectivity index (χ4v) is 2.39. The maximum atomic E-state index is 12.4. The second kappa shape index (κ2) is 6.74. The summed E-state index contributed by atoms with van der Waals surface area (Å²) in [6.07, 6.45) is 2.77. The van der Waals surface area contributed by atoms with E-state index in [1.165, 1.54) is 13.2 Å². The van der Waals surface area contributed by atoms with Gasteiger partial charge >= 0.3 is 6.61 Å². The van der Waals surface area contributed by atoms with E-state index >= 15 is 0 Å². The molecule has 0 amide bonds. The van der Waals surface area contributed by atoms with Gasteiger partial charge in [0.1, 0.15) is 11.5 Å².